The molecule has 0 aromatic carbocycles. The summed E-state index contributed by atoms with van der Waals surface area (Å²) in [6.45, 7) is 18.7. The standard InChI is InChI=1S/C16H28O6.C11H18O5.C10H16.C7H16O/c1-3-15(17)21-12-6-5-9-16(18)22-14-13-20-11-8-7-10-19-4-2;1-3-10(12)15-7-5-4-6-11(13)16-9-8-14-2;1-2-9-7-4-5-8(6-7)10(9)3-1;1-3-5-6-7-8-4-2/h3H,1,4-14H2,2H3;3H,1,4-9H2,2H3;7-10H,1-6H2;3-7H2,1-2H3. The second-order valence-electron chi connectivity index (χ2n) is 14.1. The van der Waals surface area contributed by atoms with Crippen molar-refractivity contribution in [2.45, 2.75) is 130 Å². The Hall–Kier alpha value is -2.80. The molecule has 3 aliphatic carbocycles. The number of fused-ring (bicyclic) bond motifs is 5. The highest BCUT2D eigenvalue weighted by atomic mass is 16.6. The molecule has 0 saturated heterocycles. The Morgan fingerprint density at radius 3 is 1.41 bits per heavy atom. The minimum Gasteiger partial charge on any atom is -0.463 e. The van der Waals surface area contributed by atoms with Crippen LogP contribution in [0.3, 0.4) is 0 Å². The molecular weight excluding hydrogens is 720 g/mol. The number of hydrogen-bond donors (Lipinski definition) is 0. The van der Waals surface area contributed by atoms with Gasteiger partial charge in [0.1, 0.15) is 13.2 Å². The SMILES string of the molecule is C1CC2C3CCC(C3)C2C1.C=CC(=O)OCCCCC(=O)OCCOC.C=CC(=O)OCCCCC(=O)OCCOCCCCOCC.CCCCCOCC. The van der Waals surface area contributed by atoms with E-state index in [4.69, 9.17) is 37.9 Å². The maximum Gasteiger partial charge on any atom is 0.330 e. The predicted molar refractivity (Wildman–Crippen MR) is 218 cm³/mol. The number of ether oxygens (including phenoxy) is 8. The molecule has 0 aromatic heterocycles. The van der Waals surface area contributed by atoms with E-state index in [1.54, 1.807) is 45.6 Å². The van der Waals surface area contributed by atoms with E-state index in [1.807, 2.05) is 13.8 Å². The number of hydrogen-bond acceptors (Lipinski definition) is 12. The van der Waals surface area contributed by atoms with Gasteiger partial charge in [-0.05, 0) is 115 Å². The summed E-state index contributed by atoms with van der Waals surface area (Å²) >= 11 is 0. The zero-order chi connectivity index (χ0) is 41.5. The summed E-state index contributed by atoms with van der Waals surface area (Å²) in [5.74, 6) is 3.40. The number of carbonyl (C=O) groups excluding carboxylic acids is 4. The van der Waals surface area contributed by atoms with Gasteiger partial charge in [0.2, 0.25) is 0 Å². The van der Waals surface area contributed by atoms with Gasteiger partial charge >= 0.3 is 23.9 Å². The highest BCUT2D eigenvalue weighted by molar-refractivity contribution is 5.81. The highest BCUT2D eigenvalue weighted by Crippen LogP contribution is 2.58. The van der Waals surface area contributed by atoms with Crippen molar-refractivity contribution in [3.63, 3.8) is 0 Å². The Balaban J connectivity index is 0.000000770. The molecule has 56 heavy (non-hydrogen) atoms. The van der Waals surface area contributed by atoms with Crippen LogP contribution in [0, 0.1) is 23.7 Å². The molecule has 0 aromatic rings. The van der Waals surface area contributed by atoms with Crippen LogP contribution in [0.5, 0.6) is 0 Å². The van der Waals surface area contributed by atoms with Gasteiger partial charge in [-0.25, -0.2) is 9.59 Å². The summed E-state index contributed by atoms with van der Waals surface area (Å²) < 4.78 is 39.8. The maximum absolute atomic E-state index is 11.4. The minimum absolute atomic E-state index is 0.255. The summed E-state index contributed by atoms with van der Waals surface area (Å²) in [6, 6.07) is 0. The lowest BCUT2D eigenvalue weighted by Gasteiger charge is -2.23. The van der Waals surface area contributed by atoms with E-state index in [9.17, 15) is 19.2 Å². The molecule has 4 unspecified atom stereocenters. The fourth-order valence-corrected chi connectivity index (χ4v) is 7.08. The zero-order valence-electron chi connectivity index (χ0n) is 35.6. The van der Waals surface area contributed by atoms with Gasteiger partial charge in [0.15, 0.2) is 0 Å². The zero-order valence-corrected chi connectivity index (χ0v) is 35.6. The number of unbranched alkanes of at least 4 members (excludes halogenated alkanes) is 5. The molecule has 0 amide bonds. The first-order valence-electron chi connectivity index (χ1n) is 21.4. The quantitative estimate of drug-likeness (QED) is 0.0311. The lowest BCUT2D eigenvalue weighted by atomic mass is 9.82. The minimum atomic E-state index is -0.444. The van der Waals surface area contributed by atoms with Crippen LogP contribution in [0.2, 0.25) is 0 Å². The van der Waals surface area contributed by atoms with E-state index >= 15 is 0 Å². The second kappa shape index (κ2) is 39.0. The smallest absolute Gasteiger partial charge is 0.330 e. The summed E-state index contributed by atoms with van der Waals surface area (Å²) in [5.41, 5.74) is 0. The number of esters is 4. The Morgan fingerprint density at radius 1 is 0.518 bits per heavy atom. The van der Waals surface area contributed by atoms with E-state index in [0.717, 1.165) is 51.4 Å². The Morgan fingerprint density at radius 2 is 0.964 bits per heavy atom. The van der Waals surface area contributed by atoms with Crippen LogP contribution in [-0.4, -0.2) is 104 Å². The van der Waals surface area contributed by atoms with E-state index in [1.165, 1.54) is 42.9 Å². The van der Waals surface area contributed by atoms with Gasteiger partial charge in [-0.3, -0.25) is 9.59 Å². The molecule has 0 radical (unpaired) electrons. The van der Waals surface area contributed by atoms with Crippen molar-refractivity contribution in [3.8, 4) is 0 Å². The van der Waals surface area contributed by atoms with E-state index in [2.05, 4.69) is 20.1 Å². The van der Waals surface area contributed by atoms with Gasteiger partial charge < -0.3 is 37.9 Å². The highest BCUT2D eigenvalue weighted by Gasteiger charge is 2.48. The van der Waals surface area contributed by atoms with Gasteiger partial charge in [-0.2, -0.15) is 0 Å². The molecule has 4 atom stereocenters. The van der Waals surface area contributed by atoms with Gasteiger partial charge in [0, 0.05) is 65.1 Å². The third kappa shape index (κ3) is 30.4. The summed E-state index contributed by atoms with van der Waals surface area (Å²) in [5, 5.41) is 0. The van der Waals surface area contributed by atoms with Gasteiger partial charge in [0.05, 0.1) is 26.4 Å². The van der Waals surface area contributed by atoms with Crippen molar-refractivity contribution >= 4 is 23.9 Å². The molecule has 2 bridgehead atoms. The van der Waals surface area contributed by atoms with Crippen molar-refractivity contribution in [1.29, 1.82) is 0 Å². The molecule has 0 spiro atoms. The lowest BCUT2D eigenvalue weighted by Crippen LogP contribution is -2.15. The third-order valence-electron chi connectivity index (χ3n) is 9.89. The largest absolute Gasteiger partial charge is 0.463 e. The number of carbonyl (C=O) groups is 4. The molecule has 0 N–H and O–H groups in total. The predicted octanol–water partition coefficient (Wildman–Crippen LogP) is 8.38. The molecule has 326 valence electrons. The normalized spacial score (nSPS) is 18.4. The lowest BCUT2D eigenvalue weighted by molar-refractivity contribution is -0.146. The van der Waals surface area contributed by atoms with Crippen molar-refractivity contribution in [2.75, 3.05) is 79.8 Å². The summed E-state index contributed by atoms with van der Waals surface area (Å²) in [4.78, 5) is 43.8. The second-order valence-corrected chi connectivity index (χ2v) is 14.1. The first-order valence-corrected chi connectivity index (χ1v) is 21.4. The average molecular weight is 799 g/mol. The van der Waals surface area contributed by atoms with Crippen LogP contribution >= 0.6 is 0 Å². The first-order chi connectivity index (χ1) is 27.3. The molecule has 0 aliphatic heterocycles. The topological polar surface area (TPSA) is 142 Å². The first kappa shape index (κ1) is 53.2. The monoisotopic (exact) mass is 799 g/mol. The number of methoxy groups -OCH3 is 1. The Labute approximate surface area is 339 Å². The Kier molecular flexibility index (Phi) is 37.1. The van der Waals surface area contributed by atoms with Gasteiger partial charge in [-0.1, -0.05) is 39.3 Å². The fraction of sp³-hybridized carbons (Fsp3) is 0.818. The van der Waals surface area contributed by atoms with E-state index in [-0.39, 0.29) is 25.2 Å². The molecule has 0 heterocycles. The molecule has 12 heteroatoms. The molecule has 3 saturated carbocycles. The molecule has 3 fully saturated rings. The fourth-order valence-electron chi connectivity index (χ4n) is 7.08. The van der Waals surface area contributed by atoms with Crippen molar-refractivity contribution in [2.24, 2.45) is 23.7 Å². The van der Waals surface area contributed by atoms with Gasteiger partial charge in [0.25, 0.3) is 0 Å². The van der Waals surface area contributed by atoms with Crippen LogP contribution in [0.4, 0.5) is 0 Å². The van der Waals surface area contributed by atoms with Crippen LogP contribution in [0.1, 0.15) is 130 Å². The average Bonchev–Trinajstić information content (AvgIpc) is 3.97. The number of rotatable bonds is 29. The van der Waals surface area contributed by atoms with Crippen LogP contribution in [0.15, 0.2) is 25.3 Å². The van der Waals surface area contributed by atoms with Crippen LogP contribution in [-0.2, 0) is 57.1 Å². The van der Waals surface area contributed by atoms with E-state index in [0.29, 0.717) is 71.6 Å². The molecule has 3 aliphatic rings. The van der Waals surface area contributed by atoms with E-state index < -0.39 is 11.9 Å². The summed E-state index contributed by atoms with van der Waals surface area (Å²) in [7, 11) is 1.54. The molecule has 3 rings (SSSR count). The molecule has 12 nitrogen and oxygen atoms in total. The van der Waals surface area contributed by atoms with Crippen molar-refractivity contribution in [3.05, 3.63) is 25.3 Å². The summed E-state index contributed by atoms with van der Waals surface area (Å²) in [6.07, 6.45) is 20.7. The van der Waals surface area contributed by atoms with Crippen molar-refractivity contribution in [1.82, 2.24) is 0 Å². The van der Waals surface area contributed by atoms with Gasteiger partial charge in [-0.15, -0.1) is 0 Å². The third-order valence-corrected chi connectivity index (χ3v) is 9.89. The molecular formula is C44H78O12. The van der Waals surface area contributed by atoms with Crippen LogP contribution in [0.25, 0.3) is 0 Å². The Bertz CT molecular complexity index is 981. The van der Waals surface area contributed by atoms with Crippen LogP contribution < -0.4 is 0 Å². The van der Waals surface area contributed by atoms with Crippen molar-refractivity contribution < 1.29 is 57.1 Å². The maximum atomic E-state index is 11.4.